The minimum absolute atomic E-state index is 0.107. The average molecular weight is 300 g/mol. The highest BCUT2D eigenvalue weighted by molar-refractivity contribution is 5.76. The van der Waals surface area contributed by atoms with Crippen molar-refractivity contribution in [1.82, 2.24) is 10.2 Å². The molecular weight excluding hydrogens is 272 g/mol. The number of piperidine rings is 1. The van der Waals surface area contributed by atoms with Gasteiger partial charge in [-0.25, -0.2) is 4.79 Å². The first-order valence-electron chi connectivity index (χ1n) is 7.69. The normalized spacial score (nSPS) is 23.0. The molecule has 2 N–H and O–H groups in total. The van der Waals surface area contributed by atoms with Gasteiger partial charge < -0.3 is 20.1 Å². The van der Waals surface area contributed by atoms with Gasteiger partial charge in [0.05, 0.1) is 11.5 Å². The molecule has 0 aromatic carbocycles. The smallest absolute Gasteiger partial charge is 0.317 e. The number of carboxylic acid groups (broad SMARTS) is 1. The van der Waals surface area contributed by atoms with Crippen molar-refractivity contribution in [3.63, 3.8) is 0 Å². The van der Waals surface area contributed by atoms with Crippen LogP contribution in [0.25, 0.3) is 0 Å². The highest BCUT2D eigenvalue weighted by atomic mass is 16.5. The number of methoxy groups -OCH3 is 1. The van der Waals surface area contributed by atoms with Crippen molar-refractivity contribution in [1.29, 1.82) is 0 Å². The molecule has 0 aromatic rings. The number of carboxylic acids is 1. The molecular formula is C15H28N2O4. The molecule has 6 heteroatoms. The number of ether oxygens (including phenoxy) is 1. The Hall–Kier alpha value is -1.30. The third-order valence-corrected chi connectivity index (χ3v) is 4.85. The van der Waals surface area contributed by atoms with Crippen molar-refractivity contribution < 1.29 is 19.4 Å². The summed E-state index contributed by atoms with van der Waals surface area (Å²) in [5.74, 6) is -1.20. The molecule has 0 aromatic heterocycles. The van der Waals surface area contributed by atoms with Gasteiger partial charge in [-0.1, -0.05) is 20.8 Å². The van der Waals surface area contributed by atoms with E-state index < -0.39 is 11.9 Å². The van der Waals surface area contributed by atoms with Crippen molar-refractivity contribution in [3.8, 4) is 0 Å². The summed E-state index contributed by atoms with van der Waals surface area (Å²) in [5.41, 5.74) is -0.342. The fourth-order valence-corrected chi connectivity index (χ4v) is 2.78. The second-order valence-corrected chi connectivity index (χ2v) is 5.91. The minimum atomic E-state index is -0.826. The largest absolute Gasteiger partial charge is 0.481 e. The van der Waals surface area contributed by atoms with E-state index in [2.05, 4.69) is 5.32 Å². The number of carbonyl (C=O) groups excluding carboxylic acids is 1. The Morgan fingerprint density at radius 2 is 2.00 bits per heavy atom. The average Bonchev–Trinajstić information content (AvgIpc) is 2.49. The quantitative estimate of drug-likeness (QED) is 0.786. The maximum atomic E-state index is 12.2. The molecule has 1 saturated heterocycles. The van der Waals surface area contributed by atoms with Crippen molar-refractivity contribution in [2.24, 2.45) is 11.8 Å². The fraction of sp³-hybridized carbons (Fsp3) is 0.867. The SMILES string of the molecule is CCC(CC)(CNC(=O)N1CCC(C)C(C(=O)O)C1)OC. The lowest BCUT2D eigenvalue weighted by molar-refractivity contribution is -0.145. The van der Waals surface area contributed by atoms with Gasteiger partial charge in [-0.05, 0) is 25.2 Å². The van der Waals surface area contributed by atoms with E-state index in [9.17, 15) is 14.7 Å². The molecule has 2 unspecified atom stereocenters. The highest BCUT2D eigenvalue weighted by Gasteiger charge is 2.34. The molecule has 0 saturated carbocycles. The number of aliphatic carboxylic acids is 1. The Morgan fingerprint density at radius 1 is 1.38 bits per heavy atom. The van der Waals surface area contributed by atoms with Crippen LogP contribution in [0, 0.1) is 11.8 Å². The van der Waals surface area contributed by atoms with Crippen LogP contribution in [0.5, 0.6) is 0 Å². The number of urea groups is 1. The molecule has 1 heterocycles. The first-order valence-corrected chi connectivity index (χ1v) is 7.69. The fourth-order valence-electron chi connectivity index (χ4n) is 2.78. The summed E-state index contributed by atoms with van der Waals surface area (Å²) in [6, 6.07) is -0.198. The third-order valence-electron chi connectivity index (χ3n) is 4.85. The summed E-state index contributed by atoms with van der Waals surface area (Å²) in [4.78, 5) is 25.0. The van der Waals surface area contributed by atoms with Gasteiger partial charge in [-0.3, -0.25) is 4.79 Å². The Kier molecular flexibility index (Phi) is 6.45. The summed E-state index contributed by atoms with van der Waals surface area (Å²) in [5, 5.41) is 12.1. The van der Waals surface area contributed by atoms with Gasteiger partial charge in [-0.15, -0.1) is 0 Å². The number of likely N-dealkylation sites (tertiary alicyclic amines) is 1. The predicted octanol–water partition coefficient (Wildman–Crippen LogP) is 1.94. The van der Waals surface area contributed by atoms with E-state index in [0.29, 0.717) is 13.1 Å². The van der Waals surface area contributed by atoms with Crippen LogP contribution in [-0.2, 0) is 9.53 Å². The van der Waals surface area contributed by atoms with E-state index in [4.69, 9.17) is 4.74 Å². The summed E-state index contributed by atoms with van der Waals surface area (Å²) in [7, 11) is 1.65. The van der Waals surface area contributed by atoms with E-state index in [1.54, 1.807) is 12.0 Å². The second-order valence-electron chi connectivity index (χ2n) is 5.91. The van der Waals surface area contributed by atoms with E-state index in [1.165, 1.54) is 0 Å². The first-order chi connectivity index (χ1) is 9.89. The molecule has 0 spiro atoms. The van der Waals surface area contributed by atoms with E-state index in [-0.39, 0.29) is 24.1 Å². The maximum Gasteiger partial charge on any atom is 0.317 e. The lowest BCUT2D eigenvalue weighted by atomic mass is 9.87. The van der Waals surface area contributed by atoms with Crippen molar-refractivity contribution in [3.05, 3.63) is 0 Å². The van der Waals surface area contributed by atoms with Crippen LogP contribution >= 0.6 is 0 Å². The molecule has 2 amide bonds. The zero-order valence-corrected chi connectivity index (χ0v) is 13.5. The van der Waals surface area contributed by atoms with Crippen molar-refractivity contribution >= 4 is 12.0 Å². The Balaban J connectivity index is 2.58. The number of hydrogen-bond acceptors (Lipinski definition) is 3. The number of amides is 2. The van der Waals surface area contributed by atoms with E-state index >= 15 is 0 Å². The van der Waals surface area contributed by atoms with Gasteiger partial charge in [-0.2, -0.15) is 0 Å². The molecule has 0 aliphatic carbocycles. The predicted molar refractivity (Wildman–Crippen MR) is 80.2 cm³/mol. The zero-order valence-electron chi connectivity index (χ0n) is 13.5. The lowest BCUT2D eigenvalue weighted by Gasteiger charge is -2.36. The Bertz CT molecular complexity index is 360. The standard InChI is InChI=1S/C15H28N2O4/c1-5-15(6-2,21-4)10-16-14(20)17-8-7-11(3)12(9-17)13(18)19/h11-12H,5-10H2,1-4H3,(H,16,20)(H,18,19). The third kappa shape index (κ3) is 4.33. The molecule has 1 fully saturated rings. The van der Waals surface area contributed by atoms with Crippen LogP contribution in [0.3, 0.4) is 0 Å². The Morgan fingerprint density at radius 3 is 2.48 bits per heavy atom. The summed E-state index contributed by atoms with van der Waals surface area (Å²) < 4.78 is 5.52. The van der Waals surface area contributed by atoms with Crippen molar-refractivity contribution in [2.45, 2.75) is 45.6 Å². The molecule has 2 atom stereocenters. The minimum Gasteiger partial charge on any atom is -0.481 e. The summed E-state index contributed by atoms with van der Waals surface area (Å²) in [6.07, 6.45) is 2.35. The van der Waals surface area contributed by atoms with Crippen molar-refractivity contribution in [2.75, 3.05) is 26.7 Å². The molecule has 122 valence electrons. The lowest BCUT2D eigenvalue weighted by Crippen LogP contribution is -2.52. The van der Waals surface area contributed by atoms with Gasteiger partial charge in [0.1, 0.15) is 0 Å². The molecule has 6 nitrogen and oxygen atoms in total. The van der Waals surface area contributed by atoms with E-state index in [0.717, 1.165) is 19.3 Å². The second kappa shape index (κ2) is 7.64. The number of nitrogens with zero attached hydrogens (tertiary/aromatic N) is 1. The molecule has 0 radical (unpaired) electrons. The number of hydrogen-bond donors (Lipinski definition) is 2. The van der Waals surface area contributed by atoms with Crippen LogP contribution in [0.4, 0.5) is 4.79 Å². The monoisotopic (exact) mass is 300 g/mol. The summed E-state index contributed by atoms with van der Waals surface area (Å²) in [6.45, 7) is 7.32. The topological polar surface area (TPSA) is 78.9 Å². The maximum absolute atomic E-state index is 12.2. The summed E-state index contributed by atoms with van der Waals surface area (Å²) >= 11 is 0. The first kappa shape index (κ1) is 17.8. The van der Waals surface area contributed by atoms with Gasteiger partial charge >= 0.3 is 12.0 Å². The molecule has 1 rings (SSSR count). The van der Waals surface area contributed by atoms with Crippen LogP contribution < -0.4 is 5.32 Å². The van der Waals surface area contributed by atoms with E-state index in [1.807, 2.05) is 20.8 Å². The Labute approximate surface area is 126 Å². The van der Waals surface area contributed by atoms with Gasteiger partial charge in [0, 0.05) is 26.7 Å². The molecule has 1 aliphatic rings. The highest BCUT2D eigenvalue weighted by Crippen LogP contribution is 2.24. The van der Waals surface area contributed by atoms with Crippen LogP contribution in [0.1, 0.15) is 40.0 Å². The van der Waals surface area contributed by atoms with Gasteiger partial charge in [0.2, 0.25) is 0 Å². The number of rotatable bonds is 6. The van der Waals surface area contributed by atoms with Crippen LogP contribution in [-0.4, -0.2) is 54.4 Å². The zero-order chi connectivity index (χ0) is 16.0. The number of nitrogens with one attached hydrogen (secondary N) is 1. The molecule has 0 bridgehead atoms. The molecule has 21 heavy (non-hydrogen) atoms. The van der Waals surface area contributed by atoms with Gasteiger partial charge in [0.15, 0.2) is 0 Å². The van der Waals surface area contributed by atoms with Crippen LogP contribution in [0.15, 0.2) is 0 Å². The van der Waals surface area contributed by atoms with Gasteiger partial charge in [0.25, 0.3) is 0 Å². The van der Waals surface area contributed by atoms with Crippen LogP contribution in [0.2, 0.25) is 0 Å². The molecule has 1 aliphatic heterocycles. The number of carbonyl (C=O) groups is 2.